The number of allylic oxidation sites excluding steroid dienone is 7. The van der Waals surface area contributed by atoms with Gasteiger partial charge in [-0.1, -0.05) is 121 Å². The molecule has 1 unspecified atom stereocenters. The molecule has 0 amide bonds. The molecule has 2 aliphatic carbocycles. The van der Waals surface area contributed by atoms with Gasteiger partial charge >= 0.3 is 0 Å². The first-order valence-electron chi connectivity index (χ1n) is 14.9. The largest absolute Gasteiger partial charge is 0.399 e. The summed E-state index contributed by atoms with van der Waals surface area (Å²) >= 11 is 0. The maximum Gasteiger partial charge on any atom is 0.0680 e. The van der Waals surface area contributed by atoms with Crippen LogP contribution < -0.4 is 11.1 Å². The molecule has 0 bridgehead atoms. The fourth-order valence-electron chi connectivity index (χ4n) is 6.82. The van der Waals surface area contributed by atoms with Gasteiger partial charge in [-0.2, -0.15) is 0 Å². The lowest BCUT2D eigenvalue weighted by Crippen LogP contribution is -2.29. The SMILES string of the molecule is C/C=C\C(=C/c1ccccc1)c1cc2c(cc1Nc1cccc(N)c1)C(C1=CC=CC1)(c1ccccc1)c1ccccc1-2. The average Bonchev–Trinajstić information content (AvgIpc) is 3.67. The van der Waals surface area contributed by atoms with Gasteiger partial charge in [-0.15, -0.1) is 0 Å². The molecule has 0 radical (unpaired) electrons. The van der Waals surface area contributed by atoms with Crippen molar-refractivity contribution in [1.29, 1.82) is 0 Å². The van der Waals surface area contributed by atoms with Crippen molar-refractivity contribution >= 4 is 28.7 Å². The van der Waals surface area contributed by atoms with Gasteiger partial charge in [0.2, 0.25) is 0 Å². The summed E-state index contributed by atoms with van der Waals surface area (Å²) in [6, 6.07) is 43.2. The Morgan fingerprint density at radius 3 is 2.28 bits per heavy atom. The molecule has 208 valence electrons. The zero-order chi connectivity index (χ0) is 29.2. The van der Waals surface area contributed by atoms with Crippen LogP contribution in [0, 0.1) is 0 Å². The average molecular weight is 555 g/mol. The van der Waals surface area contributed by atoms with E-state index in [-0.39, 0.29) is 0 Å². The van der Waals surface area contributed by atoms with Crippen LogP contribution in [0.3, 0.4) is 0 Å². The van der Waals surface area contributed by atoms with Crippen molar-refractivity contribution in [1.82, 2.24) is 0 Å². The van der Waals surface area contributed by atoms with Crippen LogP contribution >= 0.6 is 0 Å². The standard InChI is InChI=1S/C41H34N2/c1-2-14-30(25-29-15-5-3-6-16-29)36-27-37-35-23-11-12-24-38(35)41(32-19-9-10-20-32,31-17-7-4-8-18-31)39(37)28-40(36)43-34-22-13-21-33(42)26-34/h2-19,21-28,43H,20,42H2,1H3/b14-2-,30-25+. The molecule has 7 rings (SSSR count). The van der Waals surface area contributed by atoms with Gasteiger partial charge in [0.1, 0.15) is 0 Å². The van der Waals surface area contributed by atoms with Gasteiger partial charge in [0.15, 0.2) is 0 Å². The van der Waals surface area contributed by atoms with E-state index in [1.807, 2.05) is 18.2 Å². The summed E-state index contributed by atoms with van der Waals surface area (Å²) in [5.74, 6) is 0. The minimum atomic E-state index is -0.398. The van der Waals surface area contributed by atoms with Gasteiger partial charge in [0.05, 0.1) is 5.41 Å². The number of nitrogens with one attached hydrogen (secondary N) is 1. The Morgan fingerprint density at radius 1 is 0.767 bits per heavy atom. The predicted octanol–water partition coefficient (Wildman–Crippen LogP) is 10.3. The molecule has 5 aromatic carbocycles. The van der Waals surface area contributed by atoms with Crippen LogP contribution in [0.5, 0.6) is 0 Å². The third-order valence-electron chi connectivity index (χ3n) is 8.59. The van der Waals surface area contributed by atoms with Crippen molar-refractivity contribution in [3.8, 4) is 11.1 Å². The molecule has 2 nitrogen and oxygen atoms in total. The monoisotopic (exact) mass is 554 g/mol. The quantitative estimate of drug-likeness (QED) is 0.119. The van der Waals surface area contributed by atoms with E-state index in [2.05, 4.69) is 152 Å². The molecule has 0 aliphatic heterocycles. The zero-order valence-electron chi connectivity index (χ0n) is 24.3. The van der Waals surface area contributed by atoms with E-state index in [9.17, 15) is 0 Å². The maximum absolute atomic E-state index is 6.23. The van der Waals surface area contributed by atoms with Crippen molar-refractivity contribution in [3.05, 3.63) is 185 Å². The topological polar surface area (TPSA) is 38.0 Å². The highest BCUT2D eigenvalue weighted by Gasteiger charge is 2.47. The molecule has 43 heavy (non-hydrogen) atoms. The van der Waals surface area contributed by atoms with Crippen LogP contribution in [0.2, 0.25) is 0 Å². The summed E-state index contributed by atoms with van der Waals surface area (Å²) < 4.78 is 0. The molecule has 0 aromatic heterocycles. The van der Waals surface area contributed by atoms with Crippen LogP contribution in [-0.2, 0) is 5.41 Å². The van der Waals surface area contributed by atoms with Crippen molar-refractivity contribution in [3.63, 3.8) is 0 Å². The van der Waals surface area contributed by atoms with E-state index in [0.29, 0.717) is 0 Å². The minimum absolute atomic E-state index is 0.398. The van der Waals surface area contributed by atoms with Crippen LogP contribution in [0.1, 0.15) is 41.2 Å². The molecule has 1 atom stereocenters. The van der Waals surface area contributed by atoms with Gasteiger partial charge < -0.3 is 11.1 Å². The predicted molar refractivity (Wildman–Crippen MR) is 183 cm³/mol. The Morgan fingerprint density at radius 2 is 1.53 bits per heavy atom. The lowest BCUT2D eigenvalue weighted by Gasteiger charge is -2.35. The van der Waals surface area contributed by atoms with Crippen molar-refractivity contribution in [2.24, 2.45) is 0 Å². The highest BCUT2D eigenvalue weighted by molar-refractivity contribution is 5.98. The summed E-state index contributed by atoms with van der Waals surface area (Å²) in [5.41, 5.74) is 19.9. The Hall–Kier alpha value is -5.34. The Balaban J connectivity index is 1.55. The maximum atomic E-state index is 6.23. The Kier molecular flexibility index (Phi) is 6.89. The smallest absolute Gasteiger partial charge is 0.0680 e. The molecule has 0 fully saturated rings. The molecule has 0 saturated heterocycles. The number of nitrogen functional groups attached to an aromatic ring is 1. The lowest BCUT2D eigenvalue weighted by atomic mass is 9.66. The van der Waals surface area contributed by atoms with E-state index in [1.54, 1.807) is 0 Å². The molecule has 5 aromatic rings. The molecular formula is C41H34N2. The van der Waals surface area contributed by atoms with Gasteiger partial charge in [0, 0.05) is 22.6 Å². The number of hydrogen-bond donors (Lipinski definition) is 2. The number of hydrogen-bond acceptors (Lipinski definition) is 2. The Labute approximate surface area is 254 Å². The fraction of sp³-hybridized carbons (Fsp3) is 0.0732. The van der Waals surface area contributed by atoms with Crippen molar-refractivity contribution in [2.75, 3.05) is 11.1 Å². The summed E-state index contributed by atoms with van der Waals surface area (Å²) in [6.07, 6.45) is 14.3. The first-order chi connectivity index (χ1) is 21.2. The minimum Gasteiger partial charge on any atom is -0.399 e. The highest BCUT2D eigenvalue weighted by atomic mass is 14.9. The first-order valence-corrected chi connectivity index (χ1v) is 14.9. The van der Waals surface area contributed by atoms with E-state index in [1.165, 1.54) is 33.4 Å². The van der Waals surface area contributed by atoms with E-state index in [0.717, 1.165) is 40.2 Å². The van der Waals surface area contributed by atoms with Gasteiger partial charge in [0.25, 0.3) is 0 Å². The van der Waals surface area contributed by atoms with Gasteiger partial charge in [-0.3, -0.25) is 0 Å². The van der Waals surface area contributed by atoms with Crippen LogP contribution in [0.15, 0.2) is 157 Å². The lowest BCUT2D eigenvalue weighted by molar-refractivity contribution is 0.732. The summed E-state index contributed by atoms with van der Waals surface area (Å²) in [5, 5.41) is 3.78. The number of rotatable bonds is 7. The molecule has 2 aliphatic rings. The first kappa shape index (κ1) is 26.6. The van der Waals surface area contributed by atoms with Crippen molar-refractivity contribution < 1.29 is 0 Å². The third kappa shape index (κ3) is 4.62. The molecule has 0 saturated carbocycles. The number of anilines is 3. The molecule has 3 N–H and O–H groups in total. The number of fused-ring (bicyclic) bond motifs is 3. The Bertz CT molecular complexity index is 1930. The molecular weight excluding hydrogens is 520 g/mol. The second kappa shape index (κ2) is 11.2. The summed E-state index contributed by atoms with van der Waals surface area (Å²) in [7, 11) is 0. The summed E-state index contributed by atoms with van der Waals surface area (Å²) in [4.78, 5) is 0. The number of nitrogens with two attached hydrogens (primary N) is 1. The normalized spacial score (nSPS) is 17.1. The number of benzene rings is 5. The zero-order valence-corrected chi connectivity index (χ0v) is 24.3. The van der Waals surface area contributed by atoms with Crippen LogP contribution in [0.4, 0.5) is 17.1 Å². The fourth-order valence-corrected chi connectivity index (χ4v) is 6.82. The van der Waals surface area contributed by atoms with E-state index < -0.39 is 5.41 Å². The van der Waals surface area contributed by atoms with Gasteiger partial charge in [-0.25, -0.2) is 0 Å². The second-order valence-electron chi connectivity index (χ2n) is 11.2. The van der Waals surface area contributed by atoms with Crippen molar-refractivity contribution in [2.45, 2.75) is 18.8 Å². The molecule has 0 spiro atoms. The van der Waals surface area contributed by atoms with E-state index >= 15 is 0 Å². The molecule has 0 heterocycles. The van der Waals surface area contributed by atoms with Gasteiger partial charge in [-0.05, 0) is 94.3 Å². The second-order valence-corrected chi connectivity index (χ2v) is 11.2. The third-order valence-corrected chi connectivity index (χ3v) is 8.59. The van der Waals surface area contributed by atoms with Crippen LogP contribution in [0.25, 0.3) is 22.8 Å². The molecule has 2 heteroatoms. The summed E-state index contributed by atoms with van der Waals surface area (Å²) in [6.45, 7) is 2.08. The highest BCUT2D eigenvalue weighted by Crippen LogP contribution is 2.59. The van der Waals surface area contributed by atoms with E-state index in [4.69, 9.17) is 5.73 Å². The van der Waals surface area contributed by atoms with Crippen LogP contribution in [-0.4, -0.2) is 0 Å².